The Kier molecular flexibility index (Phi) is 10.4. The Balaban J connectivity index is 2.49. The highest BCUT2D eigenvalue weighted by molar-refractivity contribution is 6.33. The van der Waals surface area contributed by atoms with E-state index in [9.17, 15) is 19.8 Å². The van der Waals surface area contributed by atoms with Crippen molar-refractivity contribution in [3.05, 3.63) is 46.0 Å². The maximum Gasteiger partial charge on any atom is 0.342 e. The van der Waals surface area contributed by atoms with Gasteiger partial charge < -0.3 is 24.7 Å². The Morgan fingerprint density at radius 2 is 1.97 bits per heavy atom. The predicted octanol–water partition coefficient (Wildman–Crippen LogP) is 4.77. The normalized spacial score (nSPS) is 21.0. The summed E-state index contributed by atoms with van der Waals surface area (Å²) >= 11 is 6.34. The van der Waals surface area contributed by atoms with Gasteiger partial charge in [0.25, 0.3) is 5.91 Å². The number of allylic oxidation sites excluding steroid dienone is 3. The third-order valence-electron chi connectivity index (χ3n) is 5.43. The Labute approximate surface area is 205 Å². The van der Waals surface area contributed by atoms with Gasteiger partial charge in [0.15, 0.2) is 6.61 Å². The molecule has 2 rings (SSSR count). The minimum Gasteiger partial charge on any atom is -0.507 e. The van der Waals surface area contributed by atoms with Crippen LogP contribution < -0.4 is 0 Å². The summed E-state index contributed by atoms with van der Waals surface area (Å²) in [5.41, 5.74) is 1.38. The number of aromatic hydroxyl groups is 2. The lowest BCUT2D eigenvalue weighted by atomic mass is 9.98. The van der Waals surface area contributed by atoms with E-state index in [-0.39, 0.29) is 40.8 Å². The molecule has 1 aliphatic heterocycles. The van der Waals surface area contributed by atoms with Crippen molar-refractivity contribution < 1.29 is 29.4 Å². The van der Waals surface area contributed by atoms with Crippen LogP contribution in [0.4, 0.5) is 0 Å². The quantitative estimate of drug-likeness (QED) is 0.348. The number of benzene rings is 1. The third-order valence-corrected chi connectivity index (χ3v) is 5.85. The largest absolute Gasteiger partial charge is 0.507 e. The molecule has 0 bridgehead atoms. The third kappa shape index (κ3) is 7.52. The number of hydrogen-bond donors (Lipinski definition) is 2. The molecule has 0 aromatic heterocycles. The molecule has 0 saturated heterocycles. The van der Waals surface area contributed by atoms with Crippen LogP contribution in [-0.2, 0) is 20.8 Å². The molecule has 0 radical (unpaired) electrons. The summed E-state index contributed by atoms with van der Waals surface area (Å²) in [6.07, 6.45) is 7.36. The first-order valence-electron chi connectivity index (χ1n) is 11.4. The van der Waals surface area contributed by atoms with Crippen molar-refractivity contribution in [1.29, 1.82) is 0 Å². The van der Waals surface area contributed by atoms with Gasteiger partial charge in [-0.1, -0.05) is 34.5 Å². The molecule has 1 aliphatic rings. The number of fused-ring (bicyclic) bond motifs is 1. The zero-order valence-electron chi connectivity index (χ0n) is 20.1. The van der Waals surface area contributed by atoms with Crippen LogP contribution in [0.2, 0.25) is 5.02 Å². The van der Waals surface area contributed by atoms with Crippen molar-refractivity contribution in [1.82, 2.24) is 4.90 Å². The highest BCUT2D eigenvalue weighted by Crippen LogP contribution is 2.37. The standard InChI is InChI=1S/C25H33ClN2O6/c1-5-28(6-2)22(31)15-33-27-18-12-16(3)10-8-7-9-11-17(4)34-25(32)23-19(13-18)24(26)21(30)14-20(23)29/h7,9,12,14,17,29-30H,5-6,8,10-11,13,15H2,1-4H3/b9-7+,16-12+,27-18-/t17-/m1/s1. The highest BCUT2D eigenvalue weighted by Gasteiger charge is 2.26. The number of oxime groups is 1. The molecule has 1 aromatic rings. The van der Waals surface area contributed by atoms with E-state index in [4.69, 9.17) is 21.2 Å². The van der Waals surface area contributed by atoms with Gasteiger partial charge in [-0.3, -0.25) is 4.79 Å². The molecule has 2 N–H and O–H groups in total. The summed E-state index contributed by atoms with van der Waals surface area (Å²) in [7, 11) is 0. The maximum atomic E-state index is 12.9. The van der Waals surface area contributed by atoms with Gasteiger partial charge in [0.05, 0.1) is 10.7 Å². The van der Waals surface area contributed by atoms with Crippen molar-refractivity contribution in [3.63, 3.8) is 0 Å². The lowest BCUT2D eigenvalue weighted by molar-refractivity contribution is -0.135. The lowest BCUT2D eigenvalue weighted by Crippen LogP contribution is -2.33. The molecule has 0 fully saturated rings. The highest BCUT2D eigenvalue weighted by atomic mass is 35.5. The SMILES string of the molecule is CCN(CC)C(=O)CO/N=C1/C=C(\C)CC/C=C/C[C@@H](C)OC(=O)c2c(O)cc(O)c(Cl)c2C1. The number of phenols is 2. The van der Waals surface area contributed by atoms with Crippen LogP contribution in [0.25, 0.3) is 0 Å². The summed E-state index contributed by atoms with van der Waals surface area (Å²) in [5.74, 6) is -1.78. The topological polar surface area (TPSA) is 109 Å². The van der Waals surface area contributed by atoms with Crippen LogP contribution in [0, 0.1) is 0 Å². The van der Waals surface area contributed by atoms with Crippen molar-refractivity contribution in [2.24, 2.45) is 5.16 Å². The fourth-order valence-corrected chi connectivity index (χ4v) is 3.79. The van der Waals surface area contributed by atoms with E-state index in [1.807, 2.05) is 32.9 Å². The van der Waals surface area contributed by atoms with Gasteiger partial charge in [-0.05, 0) is 52.2 Å². The number of halogens is 1. The van der Waals surface area contributed by atoms with Crippen LogP contribution in [0.5, 0.6) is 11.5 Å². The Hall–Kier alpha value is -3.00. The van der Waals surface area contributed by atoms with Gasteiger partial charge in [0.2, 0.25) is 0 Å². The van der Waals surface area contributed by atoms with E-state index in [0.29, 0.717) is 25.2 Å². The summed E-state index contributed by atoms with van der Waals surface area (Å²) in [6, 6.07) is 1.01. The smallest absolute Gasteiger partial charge is 0.342 e. The maximum absolute atomic E-state index is 12.9. The van der Waals surface area contributed by atoms with Crippen molar-refractivity contribution in [2.45, 2.75) is 59.5 Å². The minimum atomic E-state index is -0.759. The Bertz CT molecular complexity index is 982. The van der Waals surface area contributed by atoms with E-state index < -0.39 is 17.8 Å². The summed E-state index contributed by atoms with van der Waals surface area (Å²) in [6.45, 7) is 8.33. The number of carbonyl (C=O) groups excluding carboxylic acids is 2. The fraction of sp³-hybridized carbons (Fsp3) is 0.480. The second kappa shape index (κ2) is 13.0. The van der Waals surface area contributed by atoms with E-state index in [2.05, 4.69) is 5.16 Å². The van der Waals surface area contributed by atoms with E-state index in [0.717, 1.165) is 24.5 Å². The number of phenolic OH excluding ortho intramolecular Hbond substituents is 2. The van der Waals surface area contributed by atoms with E-state index in [1.54, 1.807) is 17.9 Å². The Morgan fingerprint density at radius 3 is 2.65 bits per heavy atom. The molecule has 0 saturated carbocycles. The molecular weight excluding hydrogens is 460 g/mol. The number of likely N-dealkylation sites (N-methyl/N-ethyl adjacent to an activating group) is 1. The van der Waals surface area contributed by atoms with Crippen LogP contribution >= 0.6 is 11.6 Å². The summed E-state index contributed by atoms with van der Waals surface area (Å²) in [5, 5.41) is 24.7. The van der Waals surface area contributed by atoms with Crippen LogP contribution in [0.15, 0.2) is 35.0 Å². The lowest BCUT2D eigenvalue weighted by Gasteiger charge is -2.18. The molecule has 1 amide bonds. The summed E-state index contributed by atoms with van der Waals surface area (Å²) in [4.78, 5) is 32.1. The number of ether oxygens (including phenoxy) is 1. The van der Waals surface area contributed by atoms with Gasteiger partial charge in [-0.2, -0.15) is 0 Å². The molecule has 186 valence electrons. The first kappa shape index (κ1) is 27.2. The molecule has 8 nitrogen and oxygen atoms in total. The van der Waals surface area contributed by atoms with E-state index in [1.165, 1.54) is 0 Å². The molecular formula is C25H33ClN2O6. The molecule has 0 spiro atoms. The van der Waals surface area contributed by atoms with E-state index >= 15 is 0 Å². The van der Waals surface area contributed by atoms with Crippen molar-refractivity contribution in [3.8, 4) is 11.5 Å². The number of esters is 1. The molecule has 1 aromatic carbocycles. The molecule has 0 unspecified atom stereocenters. The fourth-order valence-electron chi connectivity index (χ4n) is 3.57. The van der Waals surface area contributed by atoms with Crippen LogP contribution in [0.1, 0.15) is 62.9 Å². The molecule has 1 heterocycles. The van der Waals surface area contributed by atoms with Crippen molar-refractivity contribution >= 4 is 29.2 Å². The first-order chi connectivity index (χ1) is 16.2. The number of carbonyl (C=O) groups is 2. The predicted molar refractivity (Wildman–Crippen MR) is 131 cm³/mol. The number of nitrogens with zero attached hydrogens (tertiary/aromatic N) is 2. The van der Waals surface area contributed by atoms with Gasteiger partial charge in [-0.25, -0.2) is 4.79 Å². The average molecular weight is 493 g/mol. The van der Waals surface area contributed by atoms with Gasteiger partial charge in [0.1, 0.15) is 23.2 Å². The zero-order valence-corrected chi connectivity index (χ0v) is 20.9. The second-order valence-electron chi connectivity index (χ2n) is 8.13. The van der Waals surface area contributed by atoms with Gasteiger partial charge >= 0.3 is 5.97 Å². The number of hydrogen-bond acceptors (Lipinski definition) is 7. The van der Waals surface area contributed by atoms with Crippen LogP contribution in [-0.4, -0.2) is 58.5 Å². The molecule has 0 aliphatic carbocycles. The summed E-state index contributed by atoms with van der Waals surface area (Å²) < 4.78 is 5.49. The Morgan fingerprint density at radius 1 is 1.26 bits per heavy atom. The molecule has 9 heteroatoms. The first-order valence-corrected chi connectivity index (χ1v) is 11.8. The van der Waals surface area contributed by atoms with Crippen LogP contribution in [0.3, 0.4) is 0 Å². The van der Waals surface area contributed by atoms with Crippen molar-refractivity contribution in [2.75, 3.05) is 19.7 Å². The monoisotopic (exact) mass is 492 g/mol. The number of cyclic esters (lactones) is 1. The number of amides is 1. The minimum absolute atomic E-state index is 0.0355. The molecule has 1 atom stereocenters. The number of rotatable bonds is 5. The average Bonchev–Trinajstić information content (AvgIpc) is 2.77. The molecule has 34 heavy (non-hydrogen) atoms. The van der Waals surface area contributed by atoms with Gasteiger partial charge in [0, 0.05) is 32.0 Å². The van der Waals surface area contributed by atoms with Gasteiger partial charge in [-0.15, -0.1) is 0 Å². The zero-order chi connectivity index (χ0) is 25.3. The second-order valence-corrected chi connectivity index (χ2v) is 8.51.